The van der Waals surface area contributed by atoms with Crippen molar-refractivity contribution in [2.24, 2.45) is 0 Å². The Labute approximate surface area is 143 Å². The van der Waals surface area contributed by atoms with Gasteiger partial charge in [0, 0.05) is 16.9 Å². The van der Waals surface area contributed by atoms with Gasteiger partial charge in [0.1, 0.15) is 0 Å². The monoisotopic (exact) mass is 324 g/mol. The van der Waals surface area contributed by atoms with Crippen molar-refractivity contribution in [2.75, 3.05) is 17.2 Å². The molecule has 2 aromatic carbocycles. The maximum atomic E-state index is 12.0. The Balaban J connectivity index is 1.92. The van der Waals surface area contributed by atoms with Crippen LogP contribution >= 0.6 is 0 Å². The first-order valence-corrected chi connectivity index (χ1v) is 8.01. The van der Waals surface area contributed by atoms with E-state index in [2.05, 4.69) is 31.4 Å². The average Bonchev–Trinajstić information content (AvgIpc) is 2.53. The molecular formula is C20H24N2O2. The Morgan fingerprint density at radius 1 is 0.958 bits per heavy atom. The molecule has 2 aromatic rings. The van der Waals surface area contributed by atoms with E-state index < -0.39 is 0 Å². The highest BCUT2D eigenvalue weighted by molar-refractivity contribution is 5.96. The first-order valence-electron chi connectivity index (χ1n) is 8.01. The molecule has 0 aromatic heterocycles. The molecule has 0 radical (unpaired) electrons. The van der Waals surface area contributed by atoms with Gasteiger partial charge >= 0.3 is 0 Å². The Hall–Kier alpha value is -2.62. The third-order valence-corrected chi connectivity index (χ3v) is 3.76. The summed E-state index contributed by atoms with van der Waals surface area (Å²) in [6, 6.07) is 15.0. The third kappa shape index (κ3) is 4.95. The maximum absolute atomic E-state index is 12.0. The number of anilines is 2. The van der Waals surface area contributed by atoms with E-state index in [0.717, 1.165) is 11.4 Å². The van der Waals surface area contributed by atoms with Gasteiger partial charge in [-0.25, -0.2) is 0 Å². The summed E-state index contributed by atoms with van der Waals surface area (Å²) in [4.78, 5) is 23.4. The van der Waals surface area contributed by atoms with E-state index >= 15 is 0 Å². The Kier molecular flexibility index (Phi) is 5.39. The lowest BCUT2D eigenvalue weighted by Gasteiger charge is -2.19. The number of amides is 1. The molecule has 24 heavy (non-hydrogen) atoms. The summed E-state index contributed by atoms with van der Waals surface area (Å²) < 4.78 is 0. The number of ketones is 1. The summed E-state index contributed by atoms with van der Waals surface area (Å²) in [5.41, 5.74) is 3.46. The zero-order chi connectivity index (χ0) is 17.7. The summed E-state index contributed by atoms with van der Waals surface area (Å²) >= 11 is 0. The van der Waals surface area contributed by atoms with Gasteiger partial charge in [0.05, 0.1) is 6.54 Å². The largest absolute Gasteiger partial charge is 0.376 e. The predicted molar refractivity (Wildman–Crippen MR) is 98.7 cm³/mol. The number of nitrogens with one attached hydrogen (secondary N) is 2. The van der Waals surface area contributed by atoms with Crippen LogP contribution in [0.15, 0.2) is 48.5 Å². The highest BCUT2D eigenvalue weighted by Crippen LogP contribution is 2.23. The molecule has 4 heteroatoms. The van der Waals surface area contributed by atoms with Gasteiger partial charge in [-0.1, -0.05) is 45.0 Å². The fourth-order valence-corrected chi connectivity index (χ4v) is 2.29. The van der Waals surface area contributed by atoms with Crippen LogP contribution in [0.1, 0.15) is 43.6 Å². The summed E-state index contributed by atoms with van der Waals surface area (Å²) in [6.45, 7) is 8.12. The van der Waals surface area contributed by atoms with Crippen LogP contribution in [0.3, 0.4) is 0 Å². The smallest absolute Gasteiger partial charge is 0.243 e. The molecule has 0 spiro atoms. The fourth-order valence-electron chi connectivity index (χ4n) is 2.29. The minimum Gasteiger partial charge on any atom is -0.376 e. The van der Waals surface area contributed by atoms with Gasteiger partial charge in [-0.2, -0.15) is 0 Å². The van der Waals surface area contributed by atoms with E-state index in [1.165, 1.54) is 12.5 Å². The predicted octanol–water partition coefficient (Wildman–Crippen LogP) is 4.24. The molecule has 0 aliphatic heterocycles. The minimum absolute atomic E-state index is 0.00189. The van der Waals surface area contributed by atoms with Crippen LogP contribution in [0.5, 0.6) is 0 Å². The molecule has 0 atom stereocenters. The Morgan fingerprint density at radius 2 is 1.62 bits per heavy atom. The highest BCUT2D eigenvalue weighted by atomic mass is 16.2. The van der Waals surface area contributed by atoms with Crippen LogP contribution in [0, 0.1) is 0 Å². The molecular weight excluding hydrogens is 300 g/mol. The van der Waals surface area contributed by atoms with Crippen molar-refractivity contribution in [3.63, 3.8) is 0 Å². The minimum atomic E-state index is -0.133. The number of hydrogen-bond acceptors (Lipinski definition) is 3. The number of Topliss-reactive ketones (excluding diaryl/α,β-unsaturated/α-hetero) is 1. The van der Waals surface area contributed by atoms with Gasteiger partial charge < -0.3 is 10.6 Å². The number of hydrogen-bond donors (Lipinski definition) is 2. The van der Waals surface area contributed by atoms with E-state index in [4.69, 9.17) is 0 Å². The number of benzene rings is 2. The van der Waals surface area contributed by atoms with Gasteiger partial charge in [-0.15, -0.1) is 0 Å². The van der Waals surface area contributed by atoms with Crippen LogP contribution in [0.4, 0.5) is 11.4 Å². The van der Waals surface area contributed by atoms with E-state index in [1.807, 2.05) is 30.3 Å². The van der Waals surface area contributed by atoms with Gasteiger partial charge in [-0.3, -0.25) is 9.59 Å². The topological polar surface area (TPSA) is 58.2 Å². The summed E-state index contributed by atoms with van der Waals surface area (Å²) in [7, 11) is 0. The molecule has 126 valence electrons. The highest BCUT2D eigenvalue weighted by Gasteiger charge is 2.13. The third-order valence-electron chi connectivity index (χ3n) is 3.76. The lowest BCUT2D eigenvalue weighted by Crippen LogP contribution is -2.22. The molecule has 2 N–H and O–H groups in total. The summed E-state index contributed by atoms with van der Waals surface area (Å²) in [5, 5.41) is 5.89. The second-order valence-electron chi connectivity index (χ2n) is 6.87. The standard InChI is InChI=1S/C20H24N2O2/c1-14(23)15-6-5-7-18(12-15)21-13-19(24)22-17-10-8-16(9-11-17)20(2,3)4/h5-12,21H,13H2,1-4H3,(H,22,24). The zero-order valence-electron chi connectivity index (χ0n) is 14.6. The normalized spacial score (nSPS) is 11.0. The van der Waals surface area contributed by atoms with Gasteiger partial charge in [0.25, 0.3) is 0 Å². The summed E-state index contributed by atoms with van der Waals surface area (Å²) in [6.07, 6.45) is 0. The van der Waals surface area contributed by atoms with Gasteiger partial charge in [-0.05, 0) is 42.2 Å². The molecule has 0 saturated carbocycles. The van der Waals surface area contributed by atoms with E-state index in [1.54, 1.807) is 18.2 Å². The van der Waals surface area contributed by atoms with Crippen LogP contribution in [0.2, 0.25) is 0 Å². The fraction of sp³-hybridized carbons (Fsp3) is 0.300. The first-order chi connectivity index (χ1) is 11.3. The van der Waals surface area contributed by atoms with Crippen molar-refractivity contribution < 1.29 is 9.59 Å². The first kappa shape index (κ1) is 17.7. The number of carbonyl (C=O) groups excluding carboxylic acids is 2. The lowest BCUT2D eigenvalue weighted by atomic mass is 9.87. The van der Waals surface area contributed by atoms with Gasteiger partial charge in [0.2, 0.25) is 5.91 Å². The van der Waals surface area contributed by atoms with Crippen molar-refractivity contribution in [1.29, 1.82) is 0 Å². The van der Waals surface area contributed by atoms with Gasteiger partial charge in [0.15, 0.2) is 5.78 Å². The van der Waals surface area contributed by atoms with Crippen LogP contribution in [-0.4, -0.2) is 18.2 Å². The number of carbonyl (C=O) groups is 2. The quantitative estimate of drug-likeness (QED) is 0.809. The van der Waals surface area contributed by atoms with Crippen LogP contribution < -0.4 is 10.6 Å². The van der Waals surface area contributed by atoms with E-state index in [9.17, 15) is 9.59 Å². The van der Waals surface area contributed by atoms with Crippen molar-refractivity contribution in [1.82, 2.24) is 0 Å². The van der Waals surface area contributed by atoms with Crippen molar-refractivity contribution >= 4 is 23.1 Å². The SMILES string of the molecule is CC(=O)c1cccc(NCC(=O)Nc2ccc(C(C)(C)C)cc2)c1. The Morgan fingerprint density at radius 3 is 2.21 bits per heavy atom. The molecule has 0 heterocycles. The molecule has 1 amide bonds. The van der Waals surface area contributed by atoms with E-state index in [-0.39, 0.29) is 23.7 Å². The molecule has 0 aliphatic rings. The van der Waals surface area contributed by atoms with Crippen molar-refractivity contribution in [3.05, 3.63) is 59.7 Å². The Bertz CT molecular complexity index is 728. The molecule has 2 rings (SSSR count). The lowest BCUT2D eigenvalue weighted by molar-refractivity contribution is -0.114. The summed E-state index contributed by atoms with van der Waals surface area (Å²) in [5.74, 6) is -0.131. The second kappa shape index (κ2) is 7.30. The van der Waals surface area contributed by atoms with Crippen molar-refractivity contribution in [3.8, 4) is 0 Å². The number of rotatable bonds is 5. The average molecular weight is 324 g/mol. The van der Waals surface area contributed by atoms with Crippen molar-refractivity contribution in [2.45, 2.75) is 33.1 Å². The molecule has 4 nitrogen and oxygen atoms in total. The zero-order valence-corrected chi connectivity index (χ0v) is 14.6. The molecule has 0 aliphatic carbocycles. The second-order valence-corrected chi connectivity index (χ2v) is 6.87. The van der Waals surface area contributed by atoms with Crippen LogP contribution in [-0.2, 0) is 10.2 Å². The molecule has 0 fully saturated rings. The van der Waals surface area contributed by atoms with Crippen LogP contribution in [0.25, 0.3) is 0 Å². The maximum Gasteiger partial charge on any atom is 0.243 e. The molecule has 0 saturated heterocycles. The molecule has 0 unspecified atom stereocenters. The molecule has 0 bridgehead atoms. The van der Waals surface area contributed by atoms with E-state index in [0.29, 0.717) is 5.56 Å².